The molecule has 0 radical (unpaired) electrons. The first-order chi connectivity index (χ1) is 10.1. The number of ether oxygens (including phenoxy) is 2. The largest absolute Gasteiger partial charge is 0.371 e. The molecule has 0 spiro atoms. The number of pyridine rings is 1. The van der Waals surface area contributed by atoms with Crippen molar-refractivity contribution in [2.45, 2.75) is 44.6 Å². The molecular formula is C16H25N3O2. The molecule has 2 aliphatic heterocycles. The van der Waals surface area contributed by atoms with Gasteiger partial charge in [0.1, 0.15) is 0 Å². The molecular weight excluding hydrogens is 266 g/mol. The standard InChI is InChI=1S/C16H25N3O2/c1-16(2)20-12-15(21-16)11-18-13-5-9-19(10-6-13)14-3-7-17-8-4-14/h3-4,7-8,13,15,18H,5-6,9-12H2,1-2H3. The van der Waals surface area contributed by atoms with Gasteiger partial charge in [0.2, 0.25) is 0 Å². The Morgan fingerprint density at radius 1 is 1.29 bits per heavy atom. The summed E-state index contributed by atoms with van der Waals surface area (Å²) in [6, 6.07) is 4.74. The molecule has 2 saturated heterocycles. The van der Waals surface area contributed by atoms with E-state index >= 15 is 0 Å². The molecule has 2 fully saturated rings. The third kappa shape index (κ3) is 3.93. The van der Waals surface area contributed by atoms with E-state index < -0.39 is 5.79 Å². The van der Waals surface area contributed by atoms with Gasteiger partial charge in [-0.25, -0.2) is 0 Å². The smallest absolute Gasteiger partial charge is 0.163 e. The minimum absolute atomic E-state index is 0.179. The van der Waals surface area contributed by atoms with Crippen molar-refractivity contribution in [3.8, 4) is 0 Å². The molecule has 0 aromatic carbocycles. The zero-order valence-electron chi connectivity index (χ0n) is 12.9. The van der Waals surface area contributed by atoms with Crippen molar-refractivity contribution in [3.05, 3.63) is 24.5 Å². The van der Waals surface area contributed by atoms with Crippen molar-refractivity contribution in [3.63, 3.8) is 0 Å². The molecule has 1 unspecified atom stereocenters. The van der Waals surface area contributed by atoms with Crippen LogP contribution >= 0.6 is 0 Å². The van der Waals surface area contributed by atoms with E-state index in [1.54, 1.807) is 0 Å². The van der Waals surface area contributed by atoms with Gasteiger partial charge in [-0.1, -0.05) is 0 Å². The van der Waals surface area contributed by atoms with Gasteiger partial charge >= 0.3 is 0 Å². The highest BCUT2D eigenvalue weighted by Gasteiger charge is 2.32. The summed E-state index contributed by atoms with van der Waals surface area (Å²) in [5.74, 6) is -0.420. The third-order valence-corrected chi connectivity index (χ3v) is 4.22. The number of hydrogen-bond acceptors (Lipinski definition) is 5. The Balaban J connectivity index is 1.40. The van der Waals surface area contributed by atoms with Gasteiger partial charge in [-0.3, -0.25) is 4.98 Å². The number of piperidine rings is 1. The molecule has 1 N–H and O–H groups in total. The van der Waals surface area contributed by atoms with Crippen LogP contribution in [0.1, 0.15) is 26.7 Å². The van der Waals surface area contributed by atoms with Crippen molar-refractivity contribution in [1.29, 1.82) is 0 Å². The maximum atomic E-state index is 5.83. The number of anilines is 1. The molecule has 0 aliphatic carbocycles. The summed E-state index contributed by atoms with van der Waals surface area (Å²) in [5.41, 5.74) is 1.28. The molecule has 0 saturated carbocycles. The zero-order chi connectivity index (χ0) is 14.7. The molecule has 0 bridgehead atoms. The summed E-state index contributed by atoms with van der Waals surface area (Å²) < 4.78 is 11.4. The van der Waals surface area contributed by atoms with Crippen molar-refractivity contribution in [1.82, 2.24) is 10.3 Å². The normalized spacial score (nSPS) is 26.2. The lowest BCUT2D eigenvalue weighted by Gasteiger charge is -2.34. The molecule has 5 nitrogen and oxygen atoms in total. The number of hydrogen-bond donors (Lipinski definition) is 1. The quantitative estimate of drug-likeness (QED) is 0.916. The van der Waals surface area contributed by atoms with Gasteiger partial charge in [0, 0.05) is 43.8 Å². The number of nitrogens with one attached hydrogen (secondary N) is 1. The summed E-state index contributed by atoms with van der Waals surface area (Å²) in [6.45, 7) is 7.70. The summed E-state index contributed by atoms with van der Waals surface area (Å²) in [5, 5.41) is 3.63. The van der Waals surface area contributed by atoms with E-state index in [2.05, 4.69) is 27.3 Å². The fourth-order valence-corrected chi connectivity index (χ4v) is 3.06. The van der Waals surface area contributed by atoms with Crippen LogP contribution in [0.3, 0.4) is 0 Å². The third-order valence-electron chi connectivity index (χ3n) is 4.22. The van der Waals surface area contributed by atoms with Crippen LogP contribution in [0.15, 0.2) is 24.5 Å². The topological polar surface area (TPSA) is 46.6 Å². The highest BCUT2D eigenvalue weighted by molar-refractivity contribution is 5.44. The Hall–Kier alpha value is -1.17. The average molecular weight is 291 g/mol. The Bertz CT molecular complexity index is 444. The van der Waals surface area contributed by atoms with E-state index in [0.717, 1.165) is 19.6 Å². The molecule has 3 heterocycles. The summed E-state index contributed by atoms with van der Waals surface area (Å²) in [4.78, 5) is 6.50. The second-order valence-electron chi connectivity index (χ2n) is 6.33. The van der Waals surface area contributed by atoms with Crippen LogP contribution in [-0.4, -0.2) is 49.2 Å². The fraction of sp³-hybridized carbons (Fsp3) is 0.688. The first kappa shape index (κ1) is 14.8. The second-order valence-corrected chi connectivity index (χ2v) is 6.33. The predicted molar refractivity (Wildman–Crippen MR) is 82.4 cm³/mol. The van der Waals surface area contributed by atoms with Crippen molar-refractivity contribution >= 4 is 5.69 Å². The Morgan fingerprint density at radius 2 is 2.00 bits per heavy atom. The van der Waals surface area contributed by atoms with Crippen LogP contribution < -0.4 is 10.2 Å². The van der Waals surface area contributed by atoms with Gasteiger partial charge in [0.05, 0.1) is 12.7 Å². The van der Waals surface area contributed by atoms with Gasteiger partial charge in [-0.15, -0.1) is 0 Å². The van der Waals surface area contributed by atoms with Gasteiger partial charge in [-0.2, -0.15) is 0 Å². The van der Waals surface area contributed by atoms with E-state index in [9.17, 15) is 0 Å². The van der Waals surface area contributed by atoms with E-state index in [1.165, 1.54) is 18.5 Å². The molecule has 5 heteroatoms. The second kappa shape index (κ2) is 6.30. The summed E-state index contributed by atoms with van der Waals surface area (Å²) in [6.07, 6.45) is 6.23. The van der Waals surface area contributed by atoms with Crippen molar-refractivity contribution in [2.24, 2.45) is 0 Å². The van der Waals surface area contributed by atoms with Gasteiger partial charge < -0.3 is 19.7 Å². The molecule has 3 rings (SSSR count). The maximum absolute atomic E-state index is 5.83. The van der Waals surface area contributed by atoms with Gasteiger partial charge in [-0.05, 0) is 38.8 Å². The van der Waals surface area contributed by atoms with Crippen molar-refractivity contribution < 1.29 is 9.47 Å². The lowest BCUT2D eigenvalue weighted by molar-refractivity contribution is -0.137. The minimum Gasteiger partial charge on any atom is -0.371 e. The van der Waals surface area contributed by atoms with E-state index in [0.29, 0.717) is 12.6 Å². The van der Waals surface area contributed by atoms with Crippen LogP contribution in [0, 0.1) is 0 Å². The molecule has 116 valence electrons. The zero-order valence-corrected chi connectivity index (χ0v) is 12.9. The minimum atomic E-state index is -0.420. The van der Waals surface area contributed by atoms with Crippen LogP contribution in [0.5, 0.6) is 0 Å². The first-order valence-corrected chi connectivity index (χ1v) is 7.82. The van der Waals surface area contributed by atoms with Gasteiger partial charge in [0.15, 0.2) is 5.79 Å². The van der Waals surface area contributed by atoms with Crippen LogP contribution in [0.25, 0.3) is 0 Å². The summed E-state index contributed by atoms with van der Waals surface area (Å²) in [7, 11) is 0. The molecule has 1 aromatic heterocycles. The molecule has 21 heavy (non-hydrogen) atoms. The Kier molecular flexibility index (Phi) is 4.42. The van der Waals surface area contributed by atoms with Crippen LogP contribution in [0.2, 0.25) is 0 Å². The van der Waals surface area contributed by atoms with E-state index in [-0.39, 0.29) is 6.10 Å². The van der Waals surface area contributed by atoms with Gasteiger partial charge in [0.25, 0.3) is 0 Å². The Labute approximate surface area is 126 Å². The first-order valence-electron chi connectivity index (χ1n) is 7.82. The van der Waals surface area contributed by atoms with E-state index in [4.69, 9.17) is 9.47 Å². The number of aromatic nitrogens is 1. The Morgan fingerprint density at radius 3 is 2.62 bits per heavy atom. The molecule has 1 atom stereocenters. The van der Waals surface area contributed by atoms with Crippen LogP contribution in [-0.2, 0) is 9.47 Å². The average Bonchev–Trinajstić information content (AvgIpc) is 2.86. The van der Waals surface area contributed by atoms with Crippen molar-refractivity contribution in [2.75, 3.05) is 31.1 Å². The number of nitrogens with zero attached hydrogens (tertiary/aromatic N) is 2. The molecule has 0 amide bonds. The number of rotatable bonds is 4. The highest BCUT2D eigenvalue weighted by atomic mass is 16.7. The predicted octanol–water partition coefficient (Wildman–Crippen LogP) is 1.79. The molecule has 2 aliphatic rings. The highest BCUT2D eigenvalue weighted by Crippen LogP contribution is 2.23. The summed E-state index contributed by atoms with van der Waals surface area (Å²) >= 11 is 0. The fourth-order valence-electron chi connectivity index (χ4n) is 3.06. The van der Waals surface area contributed by atoms with Crippen LogP contribution in [0.4, 0.5) is 5.69 Å². The monoisotopic (exact) mass is 291 g/mol. The molecule has 1 aromatic rings. The van der Waals surface area contributed by atoms with E-state index in [1.807, 2.05) is 26.2 Å². The maximum Gasteiger partial charge on any atom is 0.163 e. The lowest BCUT2D eigenvalue weighted by Crippen LogP contribution is -2.45. The SMILES string of the molecule is CC1(C)OCC(CNC2CCN(c3ccncc3)CC2)O1. The lowest BCUT2D eigenvalue weighted by atomic mass is 10.0.